The number of amides is 1. The predicted molar refractivity (Wildman–Crippen MR) is 113 cm³/mol. The lowest BCUT2D eigenvalue weighted by molar-refractivity contribution is -0.155. The molecular weight excluding hydrogens is 530 g/mol. The molecule has 7 heteroatoms. The van der Waals surface area contributed by atoms with Gasteiger partial charge in [-0.15, -0.1) is 0 Å². The topological polar surface area (TPSA) is 55.4 Å². The Labute approximate surface area is 179 Å². The molecule has 0 aromatic heterocycles. The fraction of sp³-hybridized carbons (Fsp3) is 0.579. The molecule has 1 N–H and O–H groups in total. The highest BCUT2D eigenvalue weighted by molar-refractivity contribution is 9.24. The Morgan fingerprint density at radius 3 is 2.31 bits per heavy atom. The summed E-state index contributed by atoms with van der Waals surface area (Å²) in [5.74, 6) is -0.326. The van der Waals surface area contributed by atoms with E-state index in [2.05, 4.69) is 67.0 Å². The summed E-state index contributed by atoms with van der Waals surface area (Å²) in [6.45, 7) is 6.47. The highest BCUT2D eigenvalue weighted by Gasteiger charge is 2.83. The standard InChI is InChI=1S/C19H22Br3NO3/c1-4-26-13(24)11-5-7-12(8-6-11)23-16(25)19-10-9-18(14(19)20,15(21)22)17(19,2)3/h5-8,14-15H,4,9-10H2,1-3H3,(H,23,25)/t14-,18-,19-/m0/s1. The zero-order chi connectivity index (χ0) is 19.3. The second-order valence-electron chi connectivity index (χ2n) is 7.55. The van der Waals surface area contributed by atoms with Crippen molar-refractivity contribution in [3.8, 4) is 0 Å². The minimum atomic E-state index is -0.452. The van der Waals surface area contributed by atoms with Gasteiger partial charge in [0.1, 0.15) is 0 Å². The van der Waals surface area contributed by atoms with Crippen LogP contribution in [0.15, 0.2) is 24.3 Å². The summed E-state index contributed by atoms with van der Waals surface area (Å²) in [5, 5.41) is 3.05. The molecule has 0 aliphatic heterocycles. The van der Waals surface area contributed by atoms with Gasteiger partial charge in [0, 0.05) is 15.9 Å². The van der Waals surface area contributed by atoms with Crippen LogP contribution >= 0.6 is 47.8 Å². The van der Waals surface area contributed by atoms with E-state index in [0.29, 0.717) is 17.9 Å². The van der Waals surface area contributed by atoms with Crippen LogP contribution in [0.2, 0.25) is 0 Å². The van der Waals surface area contributed by atoms with E-state index in [1.54, 1.807) is 31.2 Å². The van der Waals surface area contributed by atoms with Gasteiger partial charge >= 0.3 is 5.97 Å². The smallest absolute Gasteiger partial charge is 0.338 e. The van der Waals surface area contributed by atoms with E-state index < -0.39 is 5.41 Å². The van der Waals surface area contributed by atoms with Crippen LogP contribution in [0.3, 0.4) is 0 Å². The number of esters is 1. The molecule has 1 amide bonds. The first-order valence-electron chi connectivity index (χ1n) is 8.66. The minimum absolute atomic E-state index is 0.00188. The molecule has 0 saturated heterocycles. The van der Waals surface area contributed by atoms with Crippen molar-refractivity contribution in [1.29, 1.82) is 0 Å². The number of rotatable bonds is 5. The van der Waals surface area contributed by atoms with Crippen molar-refractivity contribution in [3.63, 3.8) is 0 Å². The van der Waals surface area contributed by atoms with Gasteiger partial charge in [-0.2, -0.15) is 0 Å². The van der Waals surface area contributed by atoms with Gasteiger partial charge < -0.3 is 10.1 Å². The highest BCUT2D eigenvalue weighted by atomic mass is 79.9. The van der Waals surface area contributed by atoms with Crippen LogP contribution in [0.25, 0.3) is 0 Å². The molecule has 26 heavy (non-hydrogen) atoms. The van der Waals surface area contributed by atoms with Crippen molar-refractivity contribution in [2.45, 2.75) is 42.2 Å². The highest BCUT2D eigenvalue weighted by Crippen LogP contribution is 2.82. The number of anilines is 1. The van der Waals surface area contributed by atoms with Crippen LogP contribution in [0.4, 0.5) is 5.69 Å². The van der Waals surface area contributed by atoms with Crippen LogP contribution in [0.5, 0.6) is 0 Å². The summed E-state index contributed by atoms with van der Waals surface area (Å²) in [7, 11) is 0. The van der Waals surface area contributed by atoms with Crippen molar-refractivity contribution in [3.05, 3.63) is 29.8 Å². The molecule has 0 spiro atoms. The first kappa shape index (κ1) is 20.3. The molecule has 142 valence electrons. The molecule has 0 unspecified atom stereocenters. The third-order valence-electron chi connectivity index (χ3n) is 6.55. The Kier molecular flexibility index (Phi) is 5.39. The third-order valence-corrected chi connectivity index (χ3v) is 9.78. The zero-order valence-electron chi connectivity index (χ0n) is 14.9. The number of carbonyl (C=O) groups excluding carboxylic acids is 2. The summed E-state index contributed by atoms with van der Waals surface area (Å²) in [6, 6.07) is 6.84. The average Bonchev–Trinajstić information content (AvgIpc) is 3.05. The van der Waals surface area contributed by atoms with E-state index in [4.69, 9.17) is 4.74 Å². The SMILES string of the molecule is CCOC(=O)c1ccc(NC(=O)[C@]23CC[C@@](C(Br)Br)([C@@H]2Br)C3(C)C)cc1. The summed E-state index contributed by atoms with van der Waals surface area (Å²) >= 11 is 11.2. The number of hydrogen-bond donors (Lipinski definition) is 1. The Bertz CT molecular complexity index is 734. The molecule has 3 saturated carbocycles. The van der Waals surface area contributed by atoms with Gasteiger partial charge in [0.2, 0.25) is 5.91 Å². The van der Waals surface area contributed by atoms with E-state index in [1.165, 1.54) is 0 Å². The third kappa shape index (κ3) is 2.49. The lowest BCUT2D eigenvalue weighted by Crippen LogP contribution is -2.71. The second-order valence-corrected chi connectivity index (χ2v) is 11.5. The van der Waals surface area contributed by atoms with Gasteiger partial charge in [0.15, 0.2) is 0 Å². The Hall–Kier alpha value is -0.400. The molecule has 4 nitrogen and oxygen atoms in total. The van der Waals surface area contributed by atoms with E-state index in [1.807, 2.05) is 0 Å². The summed E-state index contributed by atoms with van der Waals surface area (Å²) in [6.07, 6.45) is 1.82. The first-order chi connectivity index (χ1) is 12.1. The summed E-state index contributed by atoms with van der Waals surface area (Å²) in [5.41, 5.74) is 0.559. The number of halogens is 3. The molecular formula is C19H22Br3NO3. The van der Waals surface area contributed by atoms with Crippen LogP contribution in [-0.4, -0.2) is 27.0 Å². The van der Waals surface area contributed by atoms with Crippen LogP contribution < -0.4 is 5.32 Å². The summed E-state index contributed by atoms with van der Waals surface area (Å²) < 4.78 is 5.13. The van der Waals surface area contributed by atoms with Crippen molar-refractivity contribution in [1.82, 2.24) is 0 Å². The number of fused-ring (bicyclic) bond motifs is 1. The Morgan fingerprint density at radius 2 is 1.85 bits per heavy atom. The molecule has 1 aromatic rings. The van der Waals surface area contributed by atoms with Crippen molar-refractivity contribution < 1.29 is 14.3 Å². The van der Waals surface area contributed by atoms with Crippen LogP contribution in [0, 0.1) is 16.2 Å². The number of alkyl halides is 3. The molecule has 2 bridgehead atoms. The van der Waals surface area contributed by atoms with Gasteiger partial charge in [0.25, 0.3) is 0 Å². The number of ether oxygens (including phenoxy) is 1. The number of benzene rings is 1. The van der Waals surface area contributed by atoms with Gasteiger partial charge in [0.05, 0.1) is 21.3 Å². The second kappa shape index (κ2) is 6.89. The molecule has 0 heterocycles. The van der Waals surface area contributed by atoms with Gasteiger partial charge in [-0.3, -0.25) is 4.79 Å². The number of hydrogen-bond acceptors (Lipinski definition) is 3. The predicted octanol–water partition coefficient (Wildman–Crippen LogP) is 5.49. The van der Waals surface area contributed by atoms with E-state index in [-0.39, 0.29) is 31.3 Å². The maximum Gasteiger partial charge on any atom is 0.338 e. The van der Waals surface area contributed by atoms with Crippen molar-refractivity contribution in [2.24, 2.45) is 16.2 Å². The maximum absolute atomic E-state index is 13.2. The Morgan fingerprint density at radius 1 is 1.23 bits per heavy atom. The molecule has 3 aliphatic carbocycles. The molecule has 4 rings (SSSR count). The number of nitrogens with one attached hydrogen (secondary N) is 1. The van der Waals surface area contributed by atoms with Gasteiger partial charge in [-0.25, -0.2) is 4.79 Å². The molecule has 3 fully saturated rings. The minimum Gasteiger partial charge on any atom is -0.462 e. The molecule has 0 radical (unpaired) electrons. The normalized spacial score (nSPS) is 31.4. The number of carbonyl (C=O) groups is 2. The van der Waals surface area contributed by atoms with Crippen molar-refractivity contribution >= 4 is 65.4 Å². The van der Waals surface area contributed by atoms with E-state index in [9.17, 15) is 9.59 Å². The quantitative estimate of drug-likeness (QED) is 0.389. The van der Waals surface area contributed by atoms with Crippen molar-refractivity contribution in [2.75, 3.05) is 11.9 Å². The zero-order valence-corrected chi connectivity index (χ0v) is 19.7. The lowest BCUT2D eigenvalue weighted by atomic mass is 9.43. The fourth-order valence-electron chi connectivity index (χ4n) is 4.84. The maximum atomic E-state index is 13.2. The average molecular weight is 552 g/mol. The van der Waals surface area contributed by atoms with Crippen LogP contribution in [-0.2, 0) is 9.53 Å². The van der Waals surface area contributed by atoms with Gasteiger partial charge in [-0.1, -0.05) is 61.6 Å². The Balaban J connectivity index is 1.78. The molecule has 3 atom stereocenters. The van der Waals surface area contributed by atoms with Gasteiger partial charge in [-0.05, 0) is 49.4 Å². The lowest BCUT2D eigenvalue weighted by Gasteiger charge is -2.66. The fourth-order valence-corrected chi connectivity index (χ4v) is 9.76. The van der Waals surface area contributed by atoms with E-state index in [0.717, 1.165) is 12.8 Å². The molecule has 3 aliphatic rings. The largest absolute Gasteiger partial charge is 0.462 e. The summed E-state index contributed by atoms with van der Waals surface area (Å²) in [4.78, 5) is 25.1. The monoisotopic (exact) mass is 549 g/mol. The van der Waals surface area contributed by atoms with E-state index >= 15 is 0 Å². The first-order valence-corrected chi connectivity index (χ1v) is 11.4. The molecule has 1 aromatic carbocycles. The van der Waals surface area contributed by atoms with Crippen LogP contribution in [0.1, 0.15) is 44.0 Å².